The number of oxime groups is 1. The minimum absolute atomic E-state index is 0.0344. The summed E-state index contributed by atoms with van der Waals surface area (Å²) in [7, 11) is -0.446. The summed E-state index contributed by atoms with van der Waals surface area (Å²) >= 11 is 0. The smallest absolute Gasteiger partial charge is 0.407 e. The van der Waals surface area contributed by atoms with E-state index in [0.717, 1.165) is 5.71 Å². The monoisotopic (exact) mass is 250 g/mol. The Labute approximate surface area is 95.8 Å². The summed E-state index contributed by atoms with van der Waals surface area (Å²) in [5, 5.41) is 12.1. The van der Waals surface area contributed by atoms with Gasteiger partial charge >= 0.3 is 7.75 Å². The first kappa shape index (κ1) is 13.6. The summed E-state index contributed by atoms with van der Waals surface area (Å²) < 4.78 is 23.9. The van der Waals surface area contributed by atoms with Crippen molar-refractivity contribution in [1.82, 2.24) is 4.67 Å². The molecule has 0 spiro atoms. The molecule has 94 valence electrons. The van der Waals surface area contributed by atoms with Crippen LogP contribution in [-0.4, -0.2) is 42.4 Å². The summed E-state index contributed by atoms with van der Waals surface area (Å²) in [6, 6.07) is -0.0344. The van der Waals surface area contributed by atoms with Gasteiger partial charge in [-0.1, -0.05) is 12.1 Å². The zero-order valence-electron chi connectivity index (χ0n) is 10.1. The van der Waals surface area contributed by atoms with Crippen molar-refractivity contribution in [2.45, 2.75) is 26.3 Å². The summed E-state index contributed by atoms with van der Waals surface area (Å²) in [5.74, 6) is 0.0415. The van der Waals surface area contributed by atoms with E-state index >= 15 is 0 Å². The summed E-state index contributed by atoms with van der Waals surface area (Å²) in [5.41, 5.74) is 0.725. The highest BCUT2D eigenvalue weighted by molar-refractivity contribution is 7.51. The first-order chi connectivity index (χ1) is 7.48. The zero-order chi connectivity index (χ0) is 12.3. The first-order valence-corrected chi connectivity index (χ1v) is 6.67. The van der Waals surface area contributed by atoms with Crippen LogP contribution in [-0.2, 0) is 13.6 Å². The quantitative estimate of drug-likeness (QED) is 0.471. The lowest BCUT2D eigenvalue weighted by Gasteiger charge is -2.39. The van der Waals surface area contributed by atoms with E-state index in [1.165, 1.54) is 14.2 Å². The molecule has 1 heterocycles. The van der Waals surface area contributed by atoms with Crippen LogP contribution in [0, 0.1) is 5.92 Å². The van der Waals surface area contributed by atoms with Crippen LogP contribution < -0.4 is 0 Å². The van der Waals surface area contributed by atoms with Gasteiger partial charge in [-0.2, -0.15) is 0 Å². The van der Waals surface area contributed by atoms with E-state index in [2.05, 4.69) is 5.16 Å². The van der Waals surface area contributed by atoms with Crippen LogP contribution in [0.3, 0.4) is 0 Å². The molecule has 2 atom stereocenters. The third kappa shape index (κ3) is 2.46. The average Bonchev–Trinajstić information content (AvgIpc) is 2.30. The standard InChI is InChI=1S/C9H19N2O4P/c1-7-6-11(16(13,14-3)15-4)8(2)5-9(7)10-12/h7-8,12H,5-6H2,1-4H3/b10-9+. The number of hydrogen-bond donors (Lipinski definition) is 1. The topological polar surface area (TPSA) is 71.4 Å². The predicted molar refractivity (Wildman–Crippen MR) is 60.8 cm³/mol. The van der Waals surface area contributed by atoms with Gasteiger partial charge < -0.3 is 5.21 Å². The van der Waals surface area contributed by atoms with Gasteiger partial charge in [0.1, 0.15) is 0 Å². The minimum atomic E-state index is -3.19. The Morgan fingerprint density at radius 3 is 2.44 bits per heavy atom. The van der Waals surface area contributed by atoms with E-state index in [1.54, 1.807) is 4.67 Å². The van der Waals surface area contributed by atoms with Gasteiger partial charge in [0.25, 0.3) is 0 Å². The van der Waals surface area contributed by atoms with Crippen molar-refractivity contribution in [1.29, 1.82) is 0 Å². The van der Waals surface area contributed by atoms with E-state index in [-0.39, 0.29) is 12.0 Å². The average molecular weight is 250 g/mol. The van der Waals surface area contributed by atoms with Crippen molar-refractivity contribution in [3.05, 3.63) is 0 Å². The highest BCUT2D eigenvalue weighted by Gasteiger charge is 2.40. The molecule has 0 aromatic rings. The Morgan fingerprint density at radius 1 is 1.44 bits per heavy atom. The van der Waals surface area contributed by atoms with Gasteiger partial charge in [-0.15, -0.1) is 0 Å². The first-order valence-electron chi connectivity index (χ1n) is 5.18. The molecule has 1 aliphatic rings. The van der Waals surface area contributed by atoms with Crippen LogP contribution in [0.15, 0.2) is 5.16 Å². The Bertz CT molecular complexity index is 313. The molecule has 1 fully saturated rings. The molecule has 7 heteroatoms. The molecule has 0 radical (unpaired) electrons. The molecule has 1 rings (SSSR count). The number of piperidine rings is 1. The fourth-order valence-corrected chi connectivity index (χ4v) is 3.52. The molecule has 0 saturated carbocycles. The fourth-order valence-electron chi connectivity index (χ4n) is 1.94. The number of hydrogen-bond acceptors (Lipinski definition) is 5. The van der Waals surface area contributed by atoms with Gasteiger partial charge in [-0.25, -0.2) is 9.24 Å². The van der Waals surface area contributed by atoms with Crippen LogP contribution in [0.1, 0.15) is 20.3 Å². The molecule has 6 nitrogen and oxygen atoms in total. The second kappa shape index (κ2) is 5.27. The van der Waals surface area contributed by atoms with Gasteiger partial charge in [-0.3, -0.25) is 9.05 Å². The van der Waals surface area contributed by atoms with Crippen molar-refractivity contribution in [3.8, 4) is 0 Å². The van der Waals surface area contributed by atoms with Crippen molar-refractivity contribution in [2.24, 2.45) is 11.1 Å². The van der Waals surface area contributed by atoms with E-state index in [9.17, 15) is 4.57 Å². The molecular formula is C9H19N2O4P. The van der Waals surface area contributed by atoms with Crippen LogP contribution in [0.5, 0.6) is 0 Å². The zero-order valence-corrected chi connectivity index (χ0v) is 11.0. The lowest BCUT2D eigenvalue weighted by molar-refractivity contribution is 0.171. The second-order valence-corrected chi connectivity index (χ2v) is 6.18. The summed E-state index contributed by atoms with van der Waals surface area (Å²) in [4.78, 5) is 0. The maximum Gasteiger partial charge on any atom is 0.407 e. The lowest BCUT2D eigenvalue weighted by atomic mass is 9.95. The van der Waals surface area contributed by atoms with E-state index in [1.807, 2.05) is 13.8 Å². The largest absolute Gasteiger partial charge is 0.411 e. The molecule has 0 aromatic carbocycles. The van der Waals surface area contributed by atoms with Crippen LogP contribution in [0.4, 0.5) is 0 Å². The number of nitrogens with zero attached hydrogens (tertiary/aromatic N) is 2. The highest BCUT2D eigenvalue weighted by atomic mass is 31.2. The SMILES string of the molecule is COP(=O)(OC)N1CC(C)/C(=N/O)CC1C. The maximum atomic E-state index is 12.2. The molecule has 1 N–H and O–H groups in total. The van der Waals surface area contributed by atoms with Crippen molar-refractivity contribution in [3.63, 3.8) is 0 Å². The Morgan fingerprint density at radius 2 is 2.00 bits per heavy atom. The molecule has 1 aliphatic heterocycles. The minimum Gasteiger partial charge on any atom is -0.411 e. The van der Waals surface area contributed by atoms with Gasteiger partial charge in [0, 0.05) is 39.1 Å². The van der Waals surface area contributed by atoms with Gasteiger partial charge in [0.15, 0.2) is 0 Å². The highest BCUT2D eigenvalue weighted by Crippen LogP contribution is 2.53. The molecule has 16 heavy (non-hydrogen) atoms. The third-order valence-electron chi connectivity index (χ3n) is 2.95. The van der Waals surface area contributed by atoms with E-state index < -0.39 is 7.75 Å². The maximum absolute atomic E-state index is 12.2. The molecule has 0 aromatic heterocycles. The van der Waals surface area contributed by atoms with Gasteiger partial charge in [0.2, 0.25) is 0 Å². The number of rotatable bonds is 3. The Kier molecular flexibility index (Phi) is 4.50. The molecule has 0 aliphatic carbocycles. The normalized spacial score (nSPS) is 30.9. The van der Waals surface area contributed by atoms with Crippen LogP contribution in [0.25, 0.3) is 0 Å². The van der Waals surface area contributed by atoms with Crippen molar-refractivity contribution < 1.29 is 18.8 Å². The van der Waals surface area contributed by atoms with Crippen molar-refractivity contribution in [2.75, 3.05) is 20.8 Å². The summed E-state index contributed by atoms with van der Waals surface area (Å²) in [6.45, 7) is 4.32. The van der Waals surface area contributed by atoms with E-state index in [4.69, 9.17) is 14.3 Å². The predicted octanol–water partition coefficient (Wildman–Crippen LogP) is 1.95. The Hall–Kier alpha value is -0.420. The molecule has 2 unspecified atom stereocenters. The third-order valence-corrected chi connectivity index (χ3v) is 5.06. The molecular weight excluding hydrogens is 231 g/mol. The van der Waals surface area contributed by atoms with E-state index in [0.29, 0.717) is 13.0 Å². The summed E-state index contributed by atoms with van der Waals surface area (Å²) in [6.07, 6.45) is 0.564. The molecule has 1 saturated heterocycles. The molecule has 0 amide bonds. The van der Waals surface area contributed by atoms with Crippen LogP contribution in [0.2, 0.25) is 0 Å². The Balaban J connectivity index is 2.89. The van der Waals surface area contributed by atoms with Crippen LogP contribution >= 0.6 is 7.75 Å². The van der Waals surface area contributed by atoms with Gasteiger partial charge in [-0.05, 0) is 6.92 Å². The van der Waals surface area contributed by atoms with Gasteiger partial charge in [0.05, 0.1) is 5.71 Å². The lowest BCUT2D eigenvalue weighted by Crippen LogP contribution is -2.43. The fraction of sp³-hybridized carbons (Fsp3) is 0.889. The van der Waals surface area contributed by atoms with Crippen molar-refractivity contribution >= 4 is 13.5 Å². The second-order valence-electron chi connectivity index (χ2n) is 4.00. The molecule has 0 bridgehead atoms.